The fourth-order valence-electron chi connectivity index (χ4n) is 1.98. The van der Waals surface area contributed by atoms with Gasteiger partial charge in [0.05, 0.1) is 12.0 Å². The Balaban J connectivity index is 2.11. The van der Waals surface area contributed by atoms with Crippen LogP contribution in [0.5, 0.6) is 0 Å². The van der Waals surface area contributed by atoms with E-state index in [0.717, 1.165) is 11.3 Å². The van der Waals surface area contributed by atoms with Crippen molar-refractivity contribution >= 4 is 5.69 Å². The molecule has 0 spiro atoms. The average molecular weight is 254 g/mol. The number of rotatable bonds is 4. The molecule has 0 amide bonds. The number of benzene rings is 2. The minimum Gasteiger partial charge on any atom is -0.373 e. The molecule has 0 radical (unpaired) electrons. The van der Waals surface area contributed by atoms with Crippen LogP contribution in [0.4, 0.5) is 10.1 Å². The van der Waals surface area contributed by atoms with Crippen LogP contribution < -0.4 is 4.90 Å². The molecular formula is C16H15FN2. The summed E-state index contributed by atoms with van der Waals surface area (Å²) in [6.07, 6.45) is 0. The first-order chi connectivity index (χ1) is 9.20. The van der Waals surface area contributed by atoms with Crippen LogP contribution in [0.3, 0.4) is 0 Å². The Morgan fingerprint density at radius 1 is 1.11 bits per heavy atom. The van der Waals surface area contributed by atoms with E-state index in [4.69, 9.17) is 0 Å². The van der Waals surface area contributed by atoms with Crippen LogP contribution in [0.1, 0.15) is 11.5 Å². The van der Waals surface area contributed by atoms with E-state index in [1.807, 2.05) is 42.3 Å². The summed E-state index contributed by atoms with van der Waals surface area (Å²) in [5, 5.41) is 9.28. The summed E-state index contributed by atoms with van der Waals surface area (Å²) in [5.74, 6) is -0.451. The standard InChI is InChI=1S/C16H15FN2/c1-19(16-9-7-15(17)8-10-16)12-14(11-18)13-5-3-2-4-6-13/h2-10,14H,12H2,1H3. The summed E-state index contributed by atoms with van der Waals surface area (Å²) in [5.41, 5.74) is 1.90. The third kappa shape index (κ3) is 3.32. The van der Waals surface area contributed by atoms with Gasteiger partial charge in [-0.3, -0.25) is 0 Å². The molecule has 0 N–H and O–H groups in total. The molecule has 0 saturated carbocycles. The Kier molecular flexibility index (Phi) is 4.15. The second-order valence-electron chi connectivity index (χ2n) is 4.45. The molecule has 2 aromatic rings. The SMILES string of the molecule is CN(CC(C#N)c1ccccc1)c1ccc(F)cc1. The van der Waals surface area contributed by atoms with E-state index < -0.39 is 0 Å². The predicted octanol–water partition coefficient (Wildman–Crippen LogP) is 3.57. The quantitative estimate of drug-likeness (QED) is 0.834. The third-order valence-corrected chi connectivity index (χ3v) is 3.08. The molecule has 19 heavy (non-hydrogen) atoms. The first-order valence-electron chi connectivity index (χ1n) is 6.12. The van der Waals surface area contributed by atoms with Crippen molar-refractivity contribution in [2.45, 2.75) is 5.92 Å². The van der Waals surface area contributed by atoms with Gasteiger partial charge in [0, 0.05) is 19.3 Å². The van der Waals surface area contributed by atoms with Crippen LogP contribution in [0.25, 0.3) is 0 Å². The van der Waals surface area contributed by atoms with Gasteiger partial charge in [0.25, 0.3) is 0 Å². The lowest BCUT2D eigenvalue weighted by Crippen LogP contribution is -2.23. The zero-order chi connectivity index (χ0) is 13.7. The van der Waals surface area contributed by atoms with Gasteiger partial charge in [0.2, 0.25) is 0 Å². The van der Waals surface area contributed by atoms with E-state index in [9.17, 15) is 9.65 Å². The molecule has 0 saturated heterocycles. The van der Waals surface area contributed by atoms with Crippen molar-refractivity contribution in [1.29, 1.82) is 5.26 Å². The maximum atomic E-state index is 12.9. The molecule has 0 bridgehead atoms. The molecule has 3 heteroatoms. The topological polar surface area (TPSA) is 27.0 Å². The molecule has 1 atom stereocenters. The van der Waals surface area contributed by atoms with Crippen molar-refractivity contribution in [1.82, 2.24) is 0 Å². The molecular weight excluding hydrogens is 239 g/mol. The van der Waals surface area contributed by atoms with E-state index in [0.29, 0.717) is 6.54 Å². The van der Waals surface area contributed by atoms with Gasteiger partial charge in [-0.25, -0.2) is 4.39 Å². The van der Waals surface area contributed by atoms with Crippen molar-refractivity contribution in [3.8, 4) is 6.07 Å². The maximum absolute atomic E-state index is 12.9. The molecule has 96 valence electrons. The normalized spacial score (nSPS) is 11.6. The Morgan fingerprint density at radius 3 is 2.32 bits per heavy atom. The highest BCUT2D eigenvalue weighted by Gasteiger charge is 2.13. The van der Waals surface area contributed by atoms with E-state index >= 15 is 0 Å². The fourth-order valence-corrected chi connectivity index (χ4v) is 1.98. The fraction of sp³-hybridized carbons (Fsp3) is 0.188. The summed E-state index contributed by atoms with van der Waals surface area (Å²) >= 11 is 0. The molecule has 2 rings (SSSR count). The Hall–Kier alpha value is -2.34. The van der Waals surface area contributed by atoms with E-state index in [2.05, 4.69) is 6.07 Å². The van der Waals surface area contributed by atoms with Gasteiger partial charge < -0.3 is 4.90 Å². The molecule has 0 aliphatic rings. The van der Waals surface area contributed by atoms with Gasteiger partial charge in [-0.05, 0) is 29.8 Å². The Morgan fingerprint density at radius 2 is 1.74 bits per heavy atom. The molecule has 0 aromatic heterocycles. The molecule has 0 aliphatic heterocycles. The van der Waals surface area contributed by atoms with Crippen molar-refractivity contribution < 1.29 is 4.39 Å². The number of halogens is 1. The second-order valence-corrected chi connectivity index (χ2v) is 4.45. The number of nitriles is 1. The number of anilines is 1. The van der Waals surface area contributed by atoms with Crippen LogP contribution >= 0.6 is 0 Å². The number of nitrogens with zero attached hydrogens (tertiary/aromatic N) is 2. The van der Waals surface area contributed by atoms with Gasteiger partial charge in [0.1, 0.15) is 5.82 Å². The first-order valence-corrected chi connectivity index (χ1v) is 6.12. The summed E-state index contributed by atoms with van der Waals surface area (Å²) < 4.78 is 12.9. The van der Waals surface area contributed by atoms with Crippen molar-refractivity contribution in [3.05, 3.63) is 66.0 Å². The third-order valence-electron chi connectivity index (χ3n) is 3.08. The van der Waals surface area contributed by atoms with Gasteiger partial charge >= 0.3 is 0 Å². The first kappa shape index (κ1) is 13.1. The van der Waals surface area contributed by atoms with Crippen LogP contribution in [0.15, 0.2) is 54.6 Å². The highest BCUT2D eigenvalue weighted by atomic mass is 19.1. The van der Waals surface area contributed by atoms with Gasteiger partial charge in [-0.15, -0.1) is 0 Å². The van der Waals surface area contributed by atoms with Crippen molar-refractivity contribution in [2.24, 2.45) is 0 Å². The van der Waals surface area contributed by atoms with Crippen LogP contribution in [-0.2, 0) is 0 Å². The molecule has 2 aromatic carbocycles. The summed E-state index contributed by atoms with van der Waals surface area (Å²) in [6.45, 7) is 0.576. The minimum atomic E-state index is -0.253. The lowest BCUT2D eigenvalue weighted by molar-refractivity contribution is 0.627. The zero-order valence-electron chi connectivity index (χ0n) is 10.8. The Labute approximate surface area is 112 Å². The molecule has 0 fully saturated rings. The van der Waals surface area contributed by atoms with Crippen LogP contribution in [0.2, 0.25) is 0 Å². The van der Waals surface area contributed by atoms with E-state index in [-0.39, 0.29) is 11.7 Å². The summed E-state index contributed by atoms with van der Waals surface area (Å²) in [4.78, 5) is 1.96. The van der Waals surface area contributed by atoms with Crippen molar-refractivity contribution in [2.75, 3.05) is 18.5 Å². The van der Waals surface area contributed by atoms with Gasteiger partial charge in [0.15, 0.2) is 0 Å². The van der Waals surface area contributed by atoms with Crippen LogP contribution in [0, 0.1) is 17.1 Å². The minimum absolute atomic E-state index is 0.198. The van der Waals surface area contributed by atoms with E-state index in [1.165, 1.54) is 12.1 Å². The predicted molar refractivity (Wildman–Crippen MR) is 74.5 cm³/mol. The molecule has 2 nitrogen and oxygen atoms in total. The molecule has 0 aliphatic carbocycles. The van der Waals surface area contributed by atoms with Gasteiger partial charge in [-0.1, -0.05) is 30.3 Å². The maximum Gasteiger partial charge on any atom is 0.123 e. The van der Waals surface area contributed by atoms with E-state index in [1.54, 1.807) is 12.1 Å². The highest BCUT2D eigenvalue weighted by Crippen LogP contribution is 2.20. The number of hydrogen-bond donors (Lipinski definition) is 0. The highest BCUT2D eigenvalue weighted by molar-refractivity contribution is 5.46. The lowest BCUT2D eigenvalue weighted by Gasteiger charge is -2.22. The molecule has 0 heterocycles. The number of hydrogen-bond acceptors (Lipinski definition) is 2. The average Bonchev–Trinajstić information content (AvgIpc) is 2.46. The number of likely N-dealkylation sites (N-methyl/N-ethyl adjacent to an activating group) is 1. The van der Waals surface area contributed by atoms with Gasteiger partial charge in [-0.2, -0.15) is 5.26 Å². The summed E-state index contributed by atoms with van der Waals surface area (Å²) in [6, 6.07) is 18.3. The largest absolute Gasteiger partial charge is 0.373 e. The molecule has 1 unspecified atom stereocenters. The van der Waals surface area contributed by atoms with Crippen LogP contribution in [-0.4, -0.2) is 13.6 Å². The summed E-state index contributed by atoms with van der Waals surface area (Å²) in [7, 11) is 1.90. The zero-order valence-corrected chi connectivity index (χ0v) is 10.8. The Bertz CT molecular complexity index is 558. The van der Waals surface area contributed by atoms with Crippen molar-refractivity contribution in [3.63, 3.8) is 0 Å². The lowest BCUT2D eigenvalue weighted by atomic mass is 10.00. The smallest absolute Gasteiger partial charge is 0.123 e. The monoisotopic (exact) mass is 254 g/mol. The second kappa shape index (κ2) is 6.01.